The molecule has 0 atom stereocenters. The third-order valence-electron chi connectivity index (χ3n) is 3.25. The molecule has 4 nitrogen and oxygen atoms in total. The number of hydrogen-bond donors (Lipinski definition) is 3. The van der Waals surface area contributed by atoms with E-state index in [-0.39, 0.29) is 11.5 Å². The maximum absolute atomic E-state index is 9.85. The van der Waals surface area contributed by atoms with Gasteiger partial charge in [-0.25, -0.2) is 0 Å². The highest BCUT2D eigenvalue weighted by molar-refractivity contribution is 6.04. The van der Waals surface area contributed by atoms with Gasteiger partial charge in [-0.1, -0.05) is 6.07 Å². The fraction of sp³-hybridized carbons (Fsp3) is 0.308. The minimum absolute atomic E-state index is 0.0294. The van der Waals surface area contributed by atoms with Crippen molar-refractivity contribution in [3.63, 3.8) is 0 Å². The molecular formula is C13H14N2O2. The molecule has 17 heavy (non-hydrogen) atoms. The first-order valence-corrected chi connectivity index (χ1v) is 5.79. The van der Waals surface area contributed by atoms with Gasteiger partial charge in [0.2, 0.25) is 0 Å². The van der Waals surface area contributed by atoms with Crippen LogP contribution in [0.5, 0.6) is 11.5 Å². The minimum atomic E-state index is -0.0671. The largest absolute Gasteiger partial charge is 0.504 e. The van der Waals surface area contributed by atoms with Crippen LogP contribution in [-0.4, -0.2) is 29.1 Å². The lowest BCUT2D eigenvalue weighted by Gasteiger charge is -2.18. The number of nitrogens with zero attached hydrogens (tertiary/aromatic N) is 1. The van der Waals surface area contributed by atoms with Crippen LogP contribution in [0.4, 0.5) is 0 Å². The van der Waals surface area contributed by atoms with Gasteiger partial charge in [0, 0.05) is 12.1 Å². The number of aliphatic imine (C=N–C) groups is 1. The fourth-order valence-corrected chi connectivity index (χ4v) is 2.33. The number of phenols is 2. The molecule has 88 valence electrons. The lowest BCUT2D eigenvalue weighted by molar-refractivity contribution is 0.402. The lowest BCUT2D eigenvalue weighted by atomic mass is 9.91. The first kappa shape index (κ1) is 10.2. The van der Waals surface area contributed by atoms with Crippen molar-refractivity contribution in [1.82, 2.24) is 5.32 Å². The highest BCUT2D eigenvalue weighted by Gasteiger charge is 2.19. The van der Waals surface area contributed by atoms with Gasteiger partial charge in [0.25, 0.3) is 0 Å². The average Bonchev–Trinajstić information content (AvgIpc) is 2.87. The molecule has 3 N–H and O–H groups in total. The Hall–Kier alpha value is -1.97. The van der Waals surface area contributed by atoms with Crippen LogP contribution in [0.3, 0.4) is 0 Å². The molecule has 2 aliphatic rings. The second-order valence-electron chi connectivity index (χ2n) is 4.33. The van der Waals surface area contributed by atoms with Gasteiger partial charge in [0.1, 0.15) is 5.84 Å². The first-order valence-electron chi connectivity index (χ1n) is 5.79. The number of phenolic OH excluding ortho intramolecular Hbond substituents is 2. The molecule has 1 aromatic carbocycles. The fourth-order valence-electron chi connectivity index (χ4n) is 2.33. The smallest absolute Gasteiger partial charge is 0.165 e. The molecule has 0 amide bonds. The van der Waals surface area contributed by atoms with Crippen molar-refractivity contribution in [2.24, 2.45) is 4.99 Å². The SMILES string of the molecule is Oc1ccc2c(c1O)C=C(C1=NCCN1)CC2. The van der Waals surface area contributed by atoms with Crippen LogP contribution >= 0.6 is 0 Å². The molecule has 4 heteroatoms. The number of amidine groups is 1. The second kappa shape index (κ2) is 3.80. The van der Waals surface area contributed by atoms with Crippen molar-refractivity contribution in [2.75, 3.05) is 13.1 Å². The van der Waals surface area contributed by atoms with E-state index in [4.69, 9.17) is 0 Å². The van der Waals surface area contributed by atoms with Gasteiger partial charge < -0.3 is 15.5 Å². The summed E-state index contributed by atoms with van der Waals surface area (Å²) in [6, 6.07) is 3.40. The first-order chi connectivity index (χ1) is 8.25. The summed E-state index contributed by atoms with van der Waals surface area (Å²) in [4.78, 5) is 4.38. The van der Waals surface area contributed by atoms with Crippen LogP contribution in [0.15, 0.2) is 22.7 Å². The minimum Gasteiger partial charge on any atom is -0.504 e. The Balaban J connectivity index is 2.06. The number of fused-ring (bicyclic) bond motifs is 1. The Kier molecular flexibility index (Phi) is 2.28. The van der Waals surface area contributed by atoms with Crippen molar-refractivity contribution in [3.05, 3.63) is 28.8 Å². The van der Waals surface area contributed by atoms with Crippen molar-refractivity contribution >= 4 is 11.9 Å². The number of rotatable bonds is 1. The molecule has 0 radical (unpaired) electrons. The van der Waals surface area contributed by atoms with Crippen molar-refractivity contribution < 1.29 is 10.2 Å². The van der Waals surface area contributed by atoms with E-state index in [0.29, 0.717) is 0 Å². The van der Waals surface area contributed by atoms with Crippen LogP contribution in [0.2, 0.25) is 0 Å². The van der Waals surface area contributed by atoms with Crippen LogP contribution in [0.25, 0.3) is 6.08 Å². The third kappa shape index (κ3) is 1.65. The van der Waals surface area contributed by atoms with E-state index in [9.17, 15) is 10.2 Å². The van der Waals surface area contributed by atoms with Crippen LogP contribution in [0, 0.1) is 0 Å². The average molecular weight is 230 g/mol. The van der Waals surface area contributed by atoms with Gasteiger partial charge in [-0.05, 0) is 36.1 Å². The third-order valence-corrected chi connectivity index (χ3v) is 3.25. The molecule has 0 saturated carbocycles. The maximum atomic E-state index is 9.85. The second-order valence-corrected chi connectivity index (χ2v) is 4.33. The van der Waals surface area contributed by atoms with Crippen LogP contribution in [0.1, 0.15) is 17.5 Å². The lowest BCUT2D eigenvalue weighted by Crippen LogP contribution is -2.22. The van der Waals surface area contributed by atoms with E-state index in [1.54, 1.807) is 6.07 Å². The van der Waals surface area contributed by atoms with E-state index in [0.717, 1.165) is 48.5 Å². The molecule has 1 heterocycles. The Bertz CT molecular complexity index is 532. The Morgan fingerprint density at radius 2 is 2.06 bits per heavy atom. The summed E-state index contributed by atoms with van der Waals surface area (Å²) in [6.45, 7) is 1.69. The molecular weight excluding hydrogens is 216 g/mol. The zero-order valence-electron chi connectivity index (χ0n) is 9.40. The predicted octanol–water partition coefficient (Wildman–Crippen LogP) is 1.43. The molecule has 0 saturated heterocycles. The monoisotopic (exact) mass is 230 g/mol. The van der Waals surface area contributed by atoms with E-state index in [1.807, 2.05) is 12.1 Å². The molecule has 3 rings (SSSR count). The molecule has 0 aromatic heterocycles. The summed E-state index contributed by atoms with van der Waals surface area (Å²) in [5.74, 6) is 0.833. The quantitative estimate of drug-likeness (QED) is 0.639. The Morgan fingerprint density at radius 3 is 2.82 bits per heavy atom. The zero-order chi connectivity index (χ0) is 11.8. The predicted molar refractivity (Wildman–Crippen MR) is 66.4 cm³/mol. The van der Waals surface area contributed by atoms with E-state index >= 15 is 0 Å². The molecule has 0 spiro atoms. The van der Waals surface area contributed by atoms with Gasteiger partial charge in [-0.15, -0.1) is 0 Å². The highest BCUT2D eigenvalue weighted by atomic mass is 16.3. The molecule has 0 bridgehead atoms. The molecule has 0 unspecified atom stereocenters. The molecule has 1 aliphatic heterocycles. The number of aryl methyl sites for hydroxylation is 1. The summed E-state index contributed by atoms with van der Waals surface area (Å²) in [6.07, 6.45) is 3.71. The molecule has 0 fully saturated rings. The van der Waals surface area contributed by atoms with E-state index < -0.39 is 0 Å². The van der Waals surface area contributed by atoms with Gasteiger partial charge in [-0.2, -0.15) is 0 Å². The molecule has 1 aromatic rings. The van der Waals surface area contributed by atoms with Gasteiger partial charge in [-0.3, -0.25) is 4.99 Å². The zero-order valence-corrected chi connectivity index (χ0v) is 9.40. The topological polar surface area (TPSA) is 64.8 Å². The van der Waals surface area contributed by atoms with E-state index in [1.165, 1.54) is 0 Å². The summed E-state index contributed by atoms with van der Waals surface area (Å²) >= 11 is 0. The van der Waals surface area contributed by atoms with Gasteiger partial charge >= 0.3 is 0 Å². The number of aromatic hydroxyl groups is 2. The van der Waals surface area contributed by atoms with Crippen LogP contribution < -0.4 is 5.32 Å². The number of hydrogen-bond acceptors (Lipinski definition) is 4. The standard InChI is InChI=1S/C13H14N2O2/c16-11-4-3-8-1-2-9(7-10(8)12(11)17)13-14-5-6-15-13/h3-4,7,16-17H,1-2,5-6H2,(H,14,15). The summed E-state index contributed by atoms with van der Waals surface area (Å²) in [7, 11) is 0. The van der Waals surface area contributed by atoms with Crippen LogP contribution in [-0.2, 0) is 6.42 Å². The van der Waals surface area contributed by atoms with Gasteiger partial charge in [0.05, 0.1) is 6.54 Å². The summed E-state index contributed by atoms with van der Waals surface area (Å²) in [5.41, 5.74) is 2.90. The summed E-state index contributed by atoms with van der Waals surface area (Å²) < 4.78 is 0. The Labute approximate surface area is 99.3 Å². The Morgan fingerprint density at radius 1 is 1.18 bits per heavy atom. The van der Waals surface area contributed by atoms with E-state index in [2.05, 4.69) is 10.3 Å². The maximum Gasteiger partial charge on any atom is 0.165 e. The summed E-state index contributed by atoms with van der Waals surface area (Å²) in [5, 5.41) is 22.6. The number of benzene rings is 1. The molecule has 1 aliphatic carbocycles. The number of nitrogens with one attached hydrogen (secondary N) is 1. The highest BCUT2D eigenvalue weighted by Crippen LogP contribution is 2.36. The van der Waals surface area contributed by atoms with Gasteiger partial charge in [0.15, 0.2) is 11.5 Å². The normalized spacial score (nSPS) is 18.1. The van der Waals surface area contributed by atoms with Crippen molar-refractivity contribution in [1.29, 1.82) is 0 Å². The van der Waals surface area contributed by atoms with Crippen molar-refractivity contribution in [3.8, 4) is 11.5 Å². The van der Waals surface area contributed by atoms with Crippen molar-refractivity contribution in [2.45, 2.75) is 12.8 Å².